The van der Waals surface area contributed by atoms with Gasteiger partial charge in [0.2, 0.25) is 0 Å². The van der Waals surface area contributed by atoms with Crippen molar-refractivity contribution >= 4 is 0 Å². The highest BCUT2D eigenvalue weighted by Crippen LogP contribution is 2.16. The van der Waals surface area contributed by atoms with Gasteiger partial charge in [0.15, 0.2) is 0 Å². The summed E-state index contributed by atoms with van der Waals surface area (Å²) >= 11 is 0. The van der Waals surface area contributed by atoms with E-state index < -0.39 is 0 Å². The molecule has 1 N–H and O–H groups in total. The molecule has 0 radical (unpaired) electrons. The lowest BCUT2D eigenvalue weighted by atomic mass is 10.1. The standard InChI is InChI=1S/C19H25NO/c1-15(2)12-20-13-17-8-4-5-9-18(17)14-21-19-10-6-7-16(3)11-19/h4-11,15,20H,12-14H2,1-3H3. The Kier molecular flexibility index (Phi) is 5.82. The largest absolute Gasteiger partial charge is 0.489 e. The smallest absolute Gasteiger partial charge is 0.120 e. The lowest BCUT2D eigenvalue weighted by Crippen LogP contribution is -2.20. The summed E-state index contributed by atoms with van der Waals surface area (Å²) in [6, 6.07) is 16.7. The minimum atomic E-state index is 0.614. The zero-order valence-corrected chi connectivity index (χ0v) is 13.2. The quantitative estimate of drug-likeness (QED) is 0.817. The fourth-order valence-electron chi connectivity index (χ4n) is 2.23. The molecule has 0 aliphatic rings. The van der Waals surface area contributed by atoms with Crippen LogP contribution in [0, 0.1) is 12.8 Å². The normalized spacial score (nSPS) is 10.9. The first-order valence-electron chi connectivity index (χ1n) is 7.62. The number of hydrogen-bond acceptors (Lipinski definition) is 2. The molecule has 2 heteroatoms. The Hall–Kier alpha value is -1.80. The lowest BCUT2D eigenvalue weighted by Gasteiger charge is -2.13. The van der Waals surface area contributed by atoms with Gasteiger partial charge in [-0.05, 0) is 48.2 Å². The number of rotatable bonds is 7. The van der Waals surface area contributed by atoms with Crippen LogP contribution in [0.5, 0.6) is 5.75 Å². The van der Waals surface area contributed by atoms with E-state index >= 15 is 0 Å². The second kappa shape index (κ2) is 7.84. The maximum Gasteiger partial charge on any atom is 0.120 e. The van der Waals surface area contributed by atoms with Gasteiger partial charge >= 0.3 is 0 Å². The Morgan fingerprint density at radius 3 is 2.48 bits per heavy atom. The van der Waals surface area contributed by atoms with Gasteiger partial charge in [0.25, 0.3) is 0 Å². The molecule has 0 bridgehead atoms. The summed E-state index contributed by atoms with van der Waals surface area (Å²) < 4.78 is 5.91. The average molecular weight is 283 g/mol. The Morgan fingerprint density at radius 1 is 1.00 bits per heavy atom. The third-order valence-electron chi connectivity index (χ3n) is 3.37. The average Bonchev–Trinajstić information content (AvgIpc) is 2.46. The molecule has 0 unspecified atom stereocenters. The number of nitrogens with one attached hydrogen (secondary N) is 1. The van der Waals surface area contributed by atoms with E-state index in [4.69, 9.17) is 4.74 Å². The van der Waals surface area contributed by atoms with Crippen LogP contribution in [0.3, 0.4) is 0 Å². The van der Waals surface area contributed by atoms with Crippen molar-refractivity contribution in [3.8, 4) is 5.75 Å². The Bertz CT molecular complexity index is 563. The van der Waals surface area contributed by atoms with E-state index in [2.05, 4.69) is 62.5 Å². The summed E-state index contributed by atoms with van der Waals surface area (Å²) in [7, 11) is 0. The van der Waals surface area contributed by atoms with Gasteiger partial charge in [0.1, 0.15) is 12.4 Å². The highest BCUT2D eigenvalue weighted by atomic mass is 16.5. The number of hydrogen-bond donors (Lipinski definition) is 1. The van der Waals surface area contributed by atoms with E-state index in [0.29, 0.717) is 12.5 Å². The molecule has 0 aromatic heterocycles. The molecule has 112 valence electrons. The summed E-state index contributed by atoms with van der Waals surface area (Å²) in [5.41, 5.74) is 3.78. The molecule has 2 aromatic carbocycles. The van der Waals surface area contributed by atoms with E-state index in [9.17, 15) is 0 Å². The highest BCUT2D eigenvalue weighted by Gasteiger charge is 2.03. The molecule has 0 spiro atoms. The summed E-state index contributed by atoms with van der Waals surface area (Å²) in [6.45, 7) is 9.07. The molecule has 2 nitrogen and oxygen atoms in total. The molecule has 0 aliphatic heterocycles. The van der Waals surface area contributed by atoms with Crippen molar-refractivity contribution in [1.82, 2.24) is 5.32 Å². The zero-order chi connectivity index (χ0) is 15.1. The topological polar surface area (TPSA) is 21.3 Å². The fraction of sp³-hybridized carbons (Fsp3) is 0.368. The summed E-state index contributed by atoms with van der Waals surface area (Å²) in [6.07, 6.45) is 0. The molecule has 0 saturated heterocycles. The molecule has 0 heterocycles. The second-order valence-electron chi connectivity index (χ2n) is 5.90. The summed E-state index contributed by atoms with van der Waals surface area (Å²) in [4.78, 5) is 0. The minimum Gasteiger partial charge on any atom is -0.489 e. The highest BCUT2D eigenvalue weighted by molar-refractivity contribution is 5.30. The Morgan fingerprint density at radius 2 is 1.76 bits per heavy atom. The van der Waals surface area contributed by atoms with Gasteiger partial charge in [-0.1, -0.05) is 50.2 Å². The third-order valence-corrected chi connectivity index (χ3v) is 3.37. The van der Waals surface area contributed by atoms with Gasteiger partial charge in [-0.25, -0.2) is 0 Å². The molecule has 0 amide bonds. The second-order valence-corrected chi connectivity index (χ2v) is 5.90. The Balaban J connectivity index is 1.96. The van der Waals surface area contributed by atoms with Gasteiger partial charge in [0.05, 0.1) is 0 Å². The van der Waals surface area contributed by atoms with Gasteiger partial charge in [-0.2, -0.15) is 0 Å². The van der Waals surface area contributed by atoms with Crippen molar-refractivity contribution < 1.29 is 4.74 Å². The Labute approximate surface area is 128 Å². The van der Waals surface area contributed by atoms with Crippen LogP contribution in [-0.2, 0) is 13.2 Å². The van der Waals surface area contributed by atoms with Crippen LogP contribution in [0.4, 0.5) is 0 Å². The zero-order valence-electron chi connectivity index (χ0n) is 13.2. The number of benzene rings is 2. The van der Waals surface area contributed by atoms with E-state index in [1.54, 1.807) is 0 Å². The van der Waals surface area contributed by atoms with Gasteiger partial charge in [0, 0.05) is 6.54 Å². The molecular weight excluding hydrogens is 258 g/mol. The van der Waals surface area contributed by atoms with Crippen LogP contribution in [0.25, 0.3) is 0 Å². The van der Waals surface area contributed by atoms with Crippen LogP contribution >= 0.6 is 0 Å². The van der Waals surface area contributed by atoms with Gasteiger partial charge < -0.3 is 10.1 Å². The van der Waals surface area contributed by atoms with Gasteiger partial charge in [-0.3, -0.25) is 0 Å². The first-order chi connectivity index (χ1) is 10.1. The van der Waals surface area contributed by atoms with Crippen LogP contribution in [0.15, 0.2) is 48.5 Å². The first kappa shape index (κ1) is 15.6. The van der Waals surface area contributed by atoms with Gasteiger partial charge in [-0.15, -0.1) is 0 Å². The molecule has 2 aromatic rings. The van der Waals surface area contributed by atoms with Crippen LogP contribution in [0.1, 0.15) is 30.5 Å². The predicted octanol–water partition coefficient (Wildman–Crippen LogP) is 4.32. The molecule has 0 fully saturated rings. The van der Waals surface area contributed by atoms with Crippen molar-refractivity contribution in [3.63, 3.8) is 0 Å². The molecule has 21 heavy (non-hydrogen) atoms. The molecular formula is C19H25NO. The SMILES string of the molecule is Cc1cccc(OCc2ccccc2CNCC(C)C)c1. The van der Waals surface area contributed by atoms with E-state index in [1.807, 2.05) is 12.1 Å². The summed E-state index contributed by atoms with van der Waals surface area (Å²) in [5, 5.41) is 3.49. The number of aryl methyl sites for hydroxylation is 1. The van der Waals surface area contributed by atoms with Crippen molar-refractivity contribution in [2.75, 3.05) is 6.54 Å². The van der Waals surface area contributed by atoms with Crippen LogP contribution < -0.4 is 10.1 Å². The molecule has 0 saturated carbocycles. The van der Waals surface area contributed by atoms with Crippen molar-refractivity contribution in [2.45, 2.75) is 33.9 Å². The van der Waals surface area contributed by atoms with Crippen molar-refractivity contribution in [2.24, 2.45) is 5.92 Å². The van der Waals surface area contributed by atoms with Crippen molar-refractivity contribution in [1.29, 1.82) is 0 Å². The minimum absolute atomic E-state index is 0.614. The monoisotopic (exact) mass is 283 g/mol. The first-order valence-corrected chi connectivity index (χ1v) is 7.62. The van der Waals surface area contributed by atoms with E-state index in [0.717, 1.165) is 18.8 Å². The summed E-state index contributed by atoms with van der Waals surface area (Å²) in [5.74, 6) is 1.60. The number of ether oxygens (including phenoxy) is 1. The van der Waals surface area contributed by atoms with Crippen molar-refractivity contribution in [3.05, 3.63) is 65.2 Å². The van der Waals surface area contributed by atoms with Crippen LogP contribution in [-0.4, -0.2) is 6.54 Å². The van der Waals surface area contributed by atoms with E-state index in [1.165, 1.54) is 16.7 Å². The molecule has 0 atom stereocenters. The molecule has 0 aliphatic carbocycles. The molecule has 2 rings (SSSR count). The fourth-order valence-corrected chi connectivity index (χ4v) is 2.23. The third kappa shape index (κ3) is 5.24. The lowest BCUT2D eigenvalue weighted by molar-refractivity contribution is 0.304. The predicted molar refractivity (Wildman–Crippen MR) is 88.5 cm³/mol. The maximum atomic E-state index is 5.91. The van der Waals surface area contributed by atoms with Crippen LogP contribution in [0.2, 0.25) is 0 Å². The van der Waals surface area contributed by atoms with E-state index in [-0.39, 0.29) is 0 Å². The maximum absolute atomic E-state index is 5.91.